The van der Waals surface area contributed by atoms with Gasteiger partial charge in [-0.05, 0) is 77.3 Å². The van der Waals surface area contributed by atoms with Crippen molar-refractivity contribution in [1.29, 1.82) is 0 Å². The van der Waals surface area contributed by atoms with Gasteiger partial charge in [0.15, 0.2) is 23.3 Å². The zero-order chi connectivity index (χ0) is 48.1. The van der Waals surface area contributed by atoms with Crippen LogP contribution in [0.1, 0.15) is 110 Å². The first kappa shape index (κ1) is 49.7. The van der Waals surface area contributed by atoms with E-state index in [1.807, 2.05) is 0 Å². The van der Waals surface area contributed by atoms with Gasteiger partial charge in [0, 0.05) is 38.9 Å². The van der Waals surface area contributed by atoms with Gasteiger partial charge < -0.3 is 53.4 Å². The van der Waals surface area contributed by atoms with Crippen LogP contribution in [0.3, 0.4) is 0 Å². The number of hydrogen-bond acceptors (Lipinski definition) is 15. The number of aliphatic hydroxyl groups excluding tert-OH is 1. The van der Waals surface area contributed by atoms with Crippen LogP contribution < -0.4 is 5.32 Å². The van der Waals surface area contributed by atoms with Crippen LogP contribution in [0.25, 0.3) is 0 Å². The number of ketones is 1. The Labute approximate surface area is 380 Å². The average molecular weight is 908 g/mol. The number of benzene rings is 2. The summed E-state index contributed by atoms with van der Waals surface area (Å²) >= 11 is 0. The first-order chi connectivity index (χ1) is 30.3. The van der Waals surface area contributed by atoms with Gasteiger partial charge in [0.1, 0.15) is 35.6 Å². The number of hydrogen-bond donors (Lipinski definition) is 3. The van der Waals surface area contributed by atoms with Gasteiger partial charge in [0.05, 0.1) is 35.6 Å². The summed E-state index contributed by atoms with van der Waals surface area (Å²) in [6.07, 6.45) is -9.85. The van der Waals surface area contributed by atoms with Crippen molar-refractivity contribution in [2.24, 2.45) is 16.7 Å². The number of aliphatic hydroxyl groups is 2. The molecule has 1 heterocycles. The number of nitrogens with one attached hydrogen (secondary N) is 1. The number of alkyl carbamates (subject to hydrolysis) is 1. The normalized spacial score (nSPS) is 31.6. The Hall–Kier alpha value is -4.71. The first-order valence-corrected chi connectivity index (χ1v) is 22.1. The molecule has 6 rings (SSSR count). The Balaban J connectivity index is 1.55. The summed E-state index contributed by atoms with van der Waals surface area (Å²) in [6.45, 7) is 16.0. The van der Waals surface area contributed by atoms with Crippen LogP contribution >= 0.6 is 0 Å². The smallest absolute Gasteiger partial charge is 0.408 e. The molecule has 2 saturated carbocycles. The molecule has 0 unspecified atom stereocenters. The summed E-state index contributed by atoms with van der Waals surface area (Å²) in [4.78, 5) is 71.8. The Bertz CT molecular complexity index is 2150. The zero-order valence-electron chi connectivity index (χ0n) is 39.4. The Kier molecular flexibility index (Phi) is 13.9. The van der Waals surface area contributed by atoms with Gasteiger partial charge in [0.25, 0.3) is 0 Å². The molecule has 3 N–H and O–H groups in total. The van der Waals surface area contributed by atoms with E-state index in [2.05, 4.69) is 5.32 Å². The monoisotopic (exact) mass is 907 g/mol. The largest absolute Gasteiger partial charge is 0.456 e. The fourth-order valence-electron chi connectivity index (χ4n) is 10.4. The van der Waals surface area contributed by atoms with E-state index in [0.29, 0.717) is 5.56 Å². The van der Waals surface area contributed by atoms with E-state index in [1.165, 1.54) is 26.4 Å². The molecule has 65 heavy (non-hydrogen) atoms. The lowest BCUT2D eigenvalue weighted by Gasteiger charge is -2.67. The molecule has 3 fully saturated rings. The van der Waals surface area contributed by atoms with E-state index in [9.17, 15) is 24.6 Å². The molecule has 0 aromatic heterocycles. The third-order valence-corrected chi connectivity index (χ3v) is 14.0. The minimum absolute atomic E-state index is 0.0251. The molecule has 3 aliphatic carbocycles. The molecular formula is C49H65NO15. The van der Waals surface area contributed by atoms with E-state index >= 15 is 9.59 Å². The second-order valence-electron chi connectivity index (χ2n) is 19.7. The van der Waals surface area contributed by atoms with Gasteiger partial charge in [-0.3, -0.25) is 9.59 Å². The van der Waals surface area contributed by atoms with Gasteiger partial charge in [-0.1, -0.05) is 69.3 Å². The van der Waals surface area contributed by atoms with Crippen molar-refractivity contribution in [3.8, 4) is 0 Å². The van der Waals surface area contributed by atoms with Gasteiger partial charge in [-0.25, -0.2) is 14.4 Å². The number of methoxy groups -OCH3 is 2. The van der Waals surface area contributed by atoms with E-state index in [1.54, 1.807) is 118 Å². The van der Waals surface area contributed by atoms with Crippen molar-refractivity contribution in [2.45, 2.75) is 154 Å². The summed E-state index contributed by atoms with van der Waals surface area (Å²) in [5, 5.41) is 29.2. The van der Waals surface area contributed by atoms with Crippen LogP contribution in [0.5, 0.6) is 0 Å². The van der Waals surface area contributed by atoms with Crippen molar-refractivity contribution in [3.63, 3.8) is 0 Å². The van der Waals surface area contributed by atoms with Gasteiger partial charge in [-0.15, -0.1) is 0 Å². The van der Waals surface area contributed by atoms with Crippen molar-refractivity contribution in [2.75, 3.05) is 20.8 Å². The summed E-state index contributed by atoms with van der Waals surface area (Å²) in [7, 11) is 2.79. The summed E-state index contributed by atoms with van der Waals surface area (Å²) in [5.41, 5.74) is -7.42. The van der Waals surface area contributed by atoms with E-state index < -0.39 is 118 Å². The van der Waals surface area contributed by atoms with Gasteiger partial charge in [0.2, 0.25) is 0 Å². The van der Waals surface area contributed by atoms with Gasteiger partial charge >= 0.3 is 24.0 Å². The molecule has 16 nitrogen and oxygen atoms in total. The summed E-state index contributed by atoms with van der Waals surface area (Å²) in [6, 6.07) is 15.4. The summed E-state index contributed by atoms with van der Waals surface area (Å²) < 4.78 is 48.9. The number of carbonyl (C=O) groups is 5. The number of rotatable bonds is 13. The topological polar surface area (TPSA) is 212 Å². The van der Waals surface area contributed by atoms with Crippen LogP contribution in [0.15, 0.2) is 71.8 Å². The number of amides is 1. The van der Waals surface area contributed by atoms with Crippen molar-refractivity contribution >= 4 is 29.8 Å². The average Bonchev–Trinajstić information content (AvgIpc) is 3.24. The van der Waals surface area contributed by atoms with E-state index in [-0.39, 0.29) is 36.2 Å². The number of carbonyl (C=O) groups excluding carboxylic acids is 5. The molecule has 1 saturated heterocycles. The fourth-order valence-corrected chi connectivity index (χ4v) is 10.4. The highest BCUT2D eigenvalue weighted by Crippen LogP contribution is 2.64. The molecule has 0 spiro atoms. The molecule has 0 radical (unpaired) electrons. The molecule has 1 amide bonds. The van der Waals surface area contributed by atoms with Crippen LogP contribution in [-0.4, -0.2) is 120 Å². The lowest BCUT2D eigenvalue weighted by molar-refractivity contribution is -0.347. The highest BCUT2D eigenvalue weighted by molar-refractivity contribution is 5.94. The molecule has 4 aliphatic rings. The van der Waals surface area contributed by atoms with Crippen LogP contribution in [0, 0.1) is 16.7 Å². The molecule has 11 atom stereocenters. The zero-order valence-corrected chi connectivity index (χ0v) is 39.4. The van der Waals surface area contributed by atoms with E-state index in [4.69, 9.17) is 37.9 Å². The predicted molar refractivity (Wildman–Crippen MR) is 233 cm³/mol. The van der Waals surface area contributed by atoms with Crippen molar-refractivity contribution < 1.29 is 72.1 Å². The van der Waals surface area contributed by atoms with Crippen molar-refractivity contribution in [1.82, 2.24) is 5.32 Å². The lowest BCUT2D eigenvalue weighted by Crippen LogP contribution is -2.82. The Morgan fingerprint density at radius 2 is 1.55 bits per heavy atom. The predicted octanol–water partition coefficient (Wildman–Crippen LogP) is 5.71. The maximum Gasteiger partial charge on any atom is 0.408 e. The fraction of sp³-hybridized carbons (Fsp3) is 0.612. The minimum atomic E-state index is -2.30. The Morgan fingerprint density at radius 1 is 0.938 bits per heavy atom. The molecule has 356 valence electrons. The lowest BCUT2D eigenvalue weighted by atomic mass is 9.44. The molecule has 1 aliphatic heterocycles. The van der Waals surface area contributed by atoms with Crippen LogP contribution in [0.2, 0.25) is 0 Å². The van der Waals surface area contributed by atoms with Gasteiger partial charge in [-0.2, -0.15) is 0 Å². The third-order valence-electron chi connectivity index (χ3n) is 14.0. The van der Waals surface area contributed by atoms with Crippen LogP contribution in [-0.2, 0) is 52.3 Å². The Morgan fingerprint density at radius 3 is 2.09 bits per heavy atom. The number of fused-ring (bicyclic) bond motifs is 5. The molecule has 2 aromatic carbocycles. The maximum absolute atomic E-state index is 15.4. The second kappa shape index (κ2) is 18.2. The highest BCUT2D eigenvalue weighted by atomic mass is 16.7. The quantitative estimate of drug-likeness (QED) is 0.0951. The molecule has 2 aromatic rings. The molecular weight excluding hydrogens is 843 g/mol. The number of esters is 3. The SMILES string of the molecule is CCC(=O)O[C@@]12CO[C@@H]1C[C@H](OC)[C@@]1(C)C(=O)[C@H](O)C3=C(C)[C@@H](OC(=O)[C@H](OC(C)(C)OC)[C@@H](NC(=O)OC(C)(C)C)c4ccccc4)C[C@@](O)([C@@H](OC(=O)c4ccccc4)[C@H]21)C3(C)C. The molecule has 16 heteroatoms. The standard InChI is InChI=1S/C49H65NO15/c1-13-33(51)63-48-26-60-32(48)24-31(58-11)47(10)38(48)40(62-41(54)29-22-18-15-19-23-29)49(57)25-30(27(2)34(45(49,6)7)36(52)39(47)53)61-42(55)37(64-46(8,9)59-12)35(28-20-16-14-17-21-28)50-43(56)65-44(3,4)5/h14-23,30-32,35-38,40,52,57H,13,24-26H2,1-12H3,(H,50,56)/t30-,31-,32+,35-,36+,37+,38-,40-,47+,48-,49+/m0/s1. The van der Waals surface area contributed by atoms with E-state index in [0.717, 1.165) is 0 Å². The highest BCUT2D eigenvalue weighted by Gasteiger charge is 2.78. The third kappa shape index (κ3) is 8.97. The van der Waals surface area contributed by atoms with Crippen LogP contribution in [0.4, 0.5) is 4.79 Å². The molecule has 2 bridgehead atoms. The minimum Gasteiger partial charge on any atom is -0.456 e. The van der Waals surface area contributed by atoms with Crippen molar-refractivity contribution in [3.05, 3.63) is 82.9 Å². The number of ether oxygens (including phenoxy) is 8. The second-order valence-corrected chi connectivity index (χ2v) is 19.7. The first-order valence-electron chi connectivity index (χ1n) is 22.1. The number of Topliss-reactive ketones (excluding diaryl/α,β-unsaturated/α-hetero) is 1. The summed E-state index contributed by atoms with van der Waals surface area (Å²) in [5.74, 6) is -6.10. The maximum atomic E-state index is 15.4.